The van der Waals surface area contributed by atoms with Gasteiger partial charge in [0, 0.05) is 6.61 Å². The van der Waals surface area contributed by atoms with Gasteiger partial charge in [-0.15, -0.1) is 0 Å². The van der Waals surface area contributed by atoms with Crippen LogP contribution in [-0.2, 0) is 6.42 Å². The minimum Gasteiger partial charge on any atom is -0.396 e. The molecular formula is C15H20O. The van der Waals surface area contributed by atoms with E-state index < -0.39 is 0 Å². The van der Waals surface area contributed by atoms with Crippen LogP contribution in [0.15, 0.2) is 42.5 Å². The van der Waals surface area contributed by atoms with Gasteiger partial charge in [0.15, 0.2) is 0 Å². The molecule has 0 aliphatic rings. The van der Waals surface area contributed by atoms with Crippen LogP contribution in [0.4, 0.5) is 0 Å². The Kier molecular flexibility index (Phi) is 5.58. The predicted molar refractivity (Wildman–Crippen MR) is 70.7 cm³/mol. The van der Waals surface area contributed by atoms with Crippen LogP contribution in [0, 0.1) is 0 Å². The molecule has 1 N–H and O–H groups in total. The van der Waals surface area contributed by atoms with Gasteiger partial charge in [-0.05, 0) is 29.2 Å². The highest BCUT2D eigenvalue weighted by molar-refractivity contribution is 5.82. The first kappa shape index (κ1) is 12.7. The molecule has 0 fully saturated rings. The maximum absolute atomic E-state index is 8.74. The summed E-state index contributed by atoms with van der Waals surface area (Å²) in [6, 6.07) is 14.8. The molecule has 1 heteroatoms. The largest absolute Gasteiger partial charge is 0.396 e. The smallest absolute Gasteiger partial charge is 0.0434 e. The molecule has 16 heavy (non-hydrogen) atoms. The topological polar surface area (TPSA) is 20.2 Å². The average molecular weight is 216 g/mol. The van der Waals surface area contributed by atoms with Crippen molar-refractivity contribution in [2.45, 2.75) is 26.7 Å². The summed E-state index contributed by atoms with van der Waals surface area (Å²) < 4.78 is 0. The molecule has 0 atom stereocenters. The van der Waals surface area contributed by atoms with E-state index in [2.05, 4.69) is 42.5 Å². The fraction of sp³-hybridized carbons (Fsp3) is 0.333. The van der Waals surface area contributed by atoms with Gasteiger partial charge in [-0.2, -0.15) is 0 Å². The molecule has 0 spiro atoms. The molecule has 0 unspecified atom stereocenters. The maximum Gasteiger partial charge on any atom is 0.0434 e. The van der Waals surface area contributed by atoms with Crippen LogP contribution in [0.2, 0.25) is 0 Å². The first-order valence-corrected chi connectivity index (χ1v) is 5.99. The second-order valence-corrected chi connectivity index (χ2v) is 3.51. The van der Waals surface area contributed by atoms with E-state index >= 15 is 0 Å². The number of aliphatic hydroxyl groups is 1. The second-order valence-electron chi connectivity index (χ2n) is 3.51. The molecule has 0 aliphatic carbocycles. The van der Waals surface area contributed by atoms with Crippen molar-refractivity contribution in [1.82, 2.24) is 0 Å². The van der Waals surface area contributed by atoms with E-state index in [0.29, 0.717) is 0 Å². The molecule has 0 bridgehead atoms. The lowest BCUT2D eigenvalue weighted by Crippen LogP contribution is -1.88. The second kappa shape index (κ2) is 7.02. The van der Waals surface area contributed by atoms with Gasteiger partial charge in [0.05, 0.1) is 0 Å². The highest BCUT2D eigenvalue weighted by Gasteiger charge is 1.95. The van der Waals surface area contributed by atoms with Crippen LogP contribution >= 0.6 is 0 Å². The van der Waals surface area contributed by atoms with Gasteiger partial charge in [-0.25, -0.2) is 0 Å². The molecular weight excluding hydrogens is 196 g/mol. The number of fused-ring (bicyclic) bond motifs is 1. The zero-order chi connectivity index (χ0) is 11.8. The van der Waals surface area contributed by atoms with Crippen molar-refractivity contribution >= 4 is 10.8 Å². The molecule has 2 aromatic rings. The van der Waals surface area contributed by atoms with Crippen molar-refractivity contribution in [3.8, 4) is 0 Å². The summed E-state index contributed by atoms with van der Waals surface area (Å²) in [6.45, 7) is 4.27. The molecule has 0 heterocycles. The van der Waals surface area contributed by atoms with Crippen LogP contribution in [0.25, 0.3) is 10.8 Å². The van der Waals surface area contributed by atoms with Crippen molar-refractivity contribution in [1.29, 1.82) is 0 Å². The standard InChI is InChI=1S/C13H14O.C2H6/c14-9-3-4-11-7-8-12-5-1-2-6-13(12)10-11;1-2/h1-2,5-8,10,14H,3-4,9H2;1-2H3. The summed E-state index contributed by atoms with van der Waals surface area (Å²) >= 11 is 0. The summed E-state index contributed by atoms with van der Waals surface area (Å²) in [7, 11) is 0. The first-order chi connectivity index (χ1) is 7.90. The molecule has 0 amide bonds. The molecule has 0 saturated carbocycles. The number of hydrogen-bond donors (Lipinski definition) is 1. The number of aliphatic hydroxyl groups excluding tert-OH is 1. The maximum atomic E-state index is 8.74. The number of aryl methyl sites for hydroxylation is 1. The summed E-state index contributed by atoms with van der Waals surface area (Å²) in [6.07, 6.45) is 1.81. The third kappa shape index (κ3) is 3.35. The minimum atomic E-state index is 0.271. The van der Waals surface area contributed by atoms with Crippen molar-refractivity contribution in [2.24, 2.45) is 0 Å². The zero-order valence-electron chi connectivity index (χ0n) is 10.1. The van der Waals surface area contributed by atoms with Crippen LogP contribution < -0.4 is 0 Å². The van der Waals surface area contributed by atoms with Crippen molar-refractivity contribution in [2.75, 3.05) is 6.61 Å². The number of rotatable bonds is 3. The lowest BCUT2D eigenvalue weighted by molar-refractivity contribution is 0.288. The van der Waals surface area contributed by atoms with Gasteiger partial charge in [0.2, 0.25) is 0 Å². The van der Waals surface area contributed by atoms with Gasteiger partial charge in [0.25, 0.3) is 0 Å². The third-order valence-corrected chi connectivity index (χ3v) is 2.44. The van der Waals surface area contributed by atoms with E-state index in [1.165, 1.54) is 16.3 Å². The quantitative estimate of drug-likeness (QED) is 0.827. The van der Waals surface area contributed by atoms with Gasteiger partial charge in [0.1, 0.15) is 0 Å². The van der Waals surface area contributed by atoms with Gasteiger partial charge in [-0.1, -0.05) is 56.3 Å². The molecule has 0 aromatic heterocycles. The van der Waals surface area contributed by atoms with E-state index in [9.17, 15) is 0 Å². The van der Waals surface area contributed by atoms with Crippen molar-refractivity contribution < 1.29 is 5.11 Å². The number of benzene rings is 2. The molecule has 0 radical (unpaired) electrons. The Labute approximate surface area is 97.7 Å². The van der Waals surface area contributed by atoms with E-state index in [4.69, 9.17) is 5.11 Å². The Bertz CT molecular complexity index is 420. The van der Waals surface area contributed by atoms with Crippen LogP contribution in [0.5, 0.6) is 0 Å². The van der Waals surface area contributed by atoms with E-state index in [1.807, 2.05) is 13.8 Å². The molecule has 2 rings (SSSR count). The molecule has 0 aliphatic heterocycles. The Morgan fingerprint density at radius 1 is 0.938 bits per heavy atom. The summed E-state index contributed by atoms with van der Waals surface area (Å²) in [5, 5.41) is 11.3. The van der Waals surface area contributed by atoms with Crippen molar-refractivity contribution in [3.63, 3.8) is 0 Å². The molecule has 2 aromatic carbocycles. The van der Waals surface area contributed by atoms with Gasteiger partial charge in [-0.3, -0.25) is 0 Å². The monoisotopic (exact) mass is 216 g/mol. The lowest BCUT2D eigenvalue weighted by atomic mass is 10.0. The Balaban J connectivity index is 0.000000606. The Hall–Kier alpha value is -1.34. The number of hydrogen-bond acceptors (Lipinski definition) is 1. The highest BCUT2D eigenvalue weighted by atomic mass is 16.2. The van der Waals surface area contributed by atoms with Gasteiger partial charge >= 0.3 is 0 Å². The molecule has 1 nitrogen and oxygen atoms in total. The van der Waals surface area contributed by atoms with Crippen molar-refractivity contribution in [3.05, 3.63) is 48.0 Å². The highest BCUT2D eigenvalue weighted by Crippen LogP contribution is 2.16. The first-order valence-electron chi connectivity index (χ1n) is 5.99. The molecule has 86 valence electrons. The zero-order valence-corrected chi connectivity index (χ0v) is 10.1. The van der Waals surface area contributed by atoms with Crippen LogP contribution in [0.1, 0.15) is 25.8 Å². The summed E-state index contributed by atoms with van der Waals surface area (Å²) in [5.74, 6) is 0. The predicted octanol–water partition coefficient (Wildman–Crippen LogP) is 3.79. The fourth-order valence-corrected chi connectivity index (χ4v) is 1.68. The van der Waals surface area contributed by atoms with E-state index in [1.54, 1.807) is 0 Å². The van der Waals surface area contributed by atoms with E-state index in [-0.39, 0.29) is 6.61 Å². The summed E-state index contributed by atoms with van der Waals surface area (Å²) in [5.41, 5.74) is 1.30. The third-order valence-electron chi connectivity index (χ3n) is 2.44. The fourth-order valence-electron chi connectivity index (χ4n) is 1.68. The molecule has 0 saturated heterocycles. The van der Waals surface area contributed by atoms with Crippen LogP contribution in [-0.4, -0.2) is 11.7 Å². The Morgan fingerprint density at radius 3 is 2.31 bits per heavy atom. The van der Waals surface area contributed by atoms with E-state index in [0.717, 1.165) is 12.8 Å². The summed E-state index contributed by atoms with van der Waals surface area (Å²) in [4.78, 5) is 0. The van der Waals surface area contributed by atoms with Crippen LogP contribution in [0.3, 0.4) is 0 Å². The normalized spacial score (nSPS) is 9.69. The average Bonchev–Trinajstić information content (AvgIpc) is 2.38. The SMILES string of the molecule is CC.OCCCc1ccc2ccccc2c1. The minimum absolute atomic E-state index is 0.271. The van der Waals surface area contributed by atoms with Gasteiger partial charge < -0.3 is 5.11 Å². The Morgan fingerprint density at radius 2 is 1.62 bits per heavy atom. The lowest BCUT2D eigenvalue weighted by Gasteiger charge is -2.02.